The van der Waals surface area contributed by atoms with Crippen LogP contribution < -0.4 is 5.73 Å². The largest absolute Gasteiger partial charge is 0.395 e. The monoisotopic (exact) mass is 240 g/mol. The Balaban J connectivity index is 2.26. The summed E-state index contributed by atoms with van der Waals surface area (Å²) >= 11 is 0. The minimum Gasteiger partial charge on any atom is -0.395 e. The number of amides is 1. The van der Waals surface area contributed by atoms with Crippen LogP contribution in [-0.4, -0.2) is 56.1 Å². The Labute approximate surface area is 98.4 Å². The van der Waals surface area contributed by atoms with E-state index in [2.05, 4.69) is 5.10 Å². The zero-order valence-electron chi connectivity index (χ0n) is 9.79. The van der Waals surface area contributed by atoms with Crippen LogP contribution in [0.25, 0.3) is 0 Å². The fourth-order valence-electron chi connectivity index (χ4n) is 2.01. The summed E-state index contributed by atoms with van der Waals surface area (Å²) in [7, 11) is 1.64. The molecule has 0 aliphatic carbocycles. The molecule has 1 aromatic heterocycles. The number of β-amino-alcohol motifs (C(OH)–C–C–N with tert-alkyl or cyclic N) is 2. The minimum absolute atomic E-state index is 0.115. The van der Waals surface area contributed by atoms with Gasteiger partial charge in [-0.25, -0.2) is 0 Å². The van der Waals surface area contributed by atoms with Crippen molar-refractivity contribution >= 4 is 11.6 Å². The van der Waals surface area contributed by atoms with Gasteiger partial charge < -0.3 is 20.8 Å². The summed E-state index contributed by atoms with van der Waals surface area (Å²) in [6, 6.07) is 0. The standard InChI is InChI=1S/C10H16N4O3/c1-5-8(11)9(13(2)12-5)10(17)14-3-6(15)7(16)4-14/h6-7,15-16H,3-4,11H2,1-2H3/t6-,7+. The molecule has 4 N–H and O–H groups in total. The van der Waals surface area contributed by atoms with Gasteiger partial charge in [0.05, 0.1) is 23.6 Å². The van der Waals surface area contributed by atoms with E-state index in [0.717, 1.165) is 0 Å². The second-order valence-electron chi connectivity index (χ2n) is 4.32. The number of hydrogen-bond donors (Lipinski definition) is 3. The second kappa shape index (κ2) is 4.01. The number of aryl methyl sites for hydroxylation is 2. The summed E-state index contributed by atoms with van der Waals surface area (Å²) < 4.78 is 1.42. The van der Waals surface area contributed by atoms with E-state index in [9.17, 15) is 15.0 Å². The van der Waals surface area contributed by atoms with E-state index < -0.39 is 12.2 Å². The van der Waals surface area contributed by atoms with Crippen LogP contribution in [-0.2, 0) is 7.05 Å². The predicted octanol–water partition coefficient (Wildman–Crippen LogP) is -1.51. The molecule has 1 aliphatic heterocycles. The maximum absolute atomic E-state index is 12.2. The molecule has 2 heterocycles. The van der Waals surface area contributed by atoms with E-state index >= 15 is 0 Å². The van der Waals surface area contributed by atoms with Crippen molar-refractivity contribution in [3.63, 3.8) is 0 Å². The van der Waals surface area contributed by atoms with Gasteiger partial charge >= 0.3 is 0 Å². The summed E-state index contributed by atoms with van der Waals surface area (Å²) in [5, 5.41) is 22.9. The van der Waals surface area contributed by atoms with Crippen molar-refractivity contribution in [2.45, 2.75) is 19.1 Å². The van der Waals surface area contributed by atoms with Crippen molar-refractivity contribution in [2.75, 3.05) is 18.8 Å². The van der Waals surface area contributed by atoms with E-state index in [1.807, 2.05) is 0 Å². The molecule has 1 aliphatic rings. The number of carbonyl (C=O) groups is 1. The van der Waals surface area contributed by atoms with Crippen molar-refractivity contribution in [3.05, 3.63) is 11.4 Å². The van der Waals surface area contributed by atoms with Crippen molar-refractivity contribution in [1.82, 2.24) is 14.7 Å². The highest BCUT2D eigenvalue weighted by atomic mass is 16.3. The van der Waals surface area contributed by atoms with Crippen LogP contribution in [0.2, 0.25) is 0 Å². The first-order valence-electron chi connectivity index (χ1n) is 5.36. The lowest BCUT2D eigenvalue weighted by molar-refractivity contribution is 0.0572. The van der Waals surface area contributed by atoms with Gasteiger partial charge in [-0.05, 0) is 6.92 Å². The Morgan fingerprint density at radius 3 is 2.35 bits per heavy atom. The lowest BCUT2D eigenvalue weighted by Crippen LogP contribution is -2.31. The summed E-state index contributed by atoms with van der Waals surface area (Å²) in [6.45, 7) is 1.95. The topological polar surface area (TPSA) is 105 Å². The summed E-state index contributed by atoms with van der Waals surface area (Å²) in [5.41, 5.74) is 7.02. The van der Waals surface area contributed by atoms with Gasteiger partial charge in [0, 0.05) is 20.1 Å². The number of nitrogens with zero attached hydrogens (tertiary/aromatic N) is 3. The molecule has 0 unspecified atom stereocenters. The molecule has 0 saturated carbocycles. The first-order valence-corrected chi connectivity index (χ1v) is 5.36. The number of anilines is 1. The molecule has 0 aromatic carbocycles. The van der Waals surface area contributed by atoms with Crippen molar-refractivity contribution in [3.8, 4) is 0 Å². The molecule has 0 radical (unpaired) electrons. The molecule has 1 aromatic rings. The van der Waals surface area contributed by atoms with Gasteiger partial charge in [0.1, 0.15) is 5.69 Å². The molecule has 1 fully saturated rings. The molecule has 1 saturated heterocycles. The highest BCUT2D eigenvalue weighted by Crippen LogP contribution is 2.20. The number of hydrogen-bond acceptors (Lipinski definition) is 5. The normalized spacial score (nSPS) is 24.4. The minimum atomic E-state index is -0.894. The van der Waals surface area contributed by atoms with Gasteiger partial charge in [-0.15, -0.1) is 0 Å². The maximum Gasteiger partial charge on any atom is 0.274 e. The molecular formula is C10H16N4O3. The van der Waals surface area contributed by atoms with E-state index in [1.54, 1.807) is 14.0 Å². The third-order valence-corrected chi connectivity index (χ3v) is 3.02. The molecular weight excluding hydrogens is 224 g/mol. The smallest absolute Gasteiger partial charge is 0.274 e. The summed E-state index contributed by atoms with van der Waals surface area (Å²) in [6.07, 6.45) is -1.79. The van der Waals surface area contributed by atoms with E-state index in [-0.39, 0.29) is 19.0 Å². The Hall–Kier alpha value is -1.60. The Kier molecular flexibility index (Phi) is 2.80. The number of likely N-dealkylation sites (tertiary alicyclic amines) is 1. The van der Waals surface area contributed by atoms with E-state index in [1.165, 1.54) is 9.58 Å². The third-order valence-electron chi connectivity index (χ3n) is 3.02. The molecule has 0 bridgehead atoms. The first kappa shape index (κ1) is 11.9. The second-order valence-corrected chi connectivity index (χ2v) is 4.32. The average molecular weight is 240 g/mol. The molecule has 0 spiro atoms. The van der Waals surface area contributed by atoms with Gasteiger partial charge in [0.25, 0.3) is 5.91 Å². The SMILES string of the molecule is Cc1nn(C)c(C(=O)N2C[C@@H](O)[C@@H](O)C2)c1N. The molecule has 17 heavy (non-hydrogen) atoms. The maximum atomic E-state index is 12.2. The van der Waals surface area contributed by atoms with Gasteiger partial charge in [0.2, 0.25) is 0 Å². The Bertz CT molecular complexity index is 447. The van der Waals surface area contributed by atoms with E-state index in [4.69, 9.17) is 5.73 Å². The number of aromatic nitrogens is 2. The van der Waals surface area contributed by atoms with Crippen LogP contribution in [0.4, 0.5) is 5.69 Å². The zero-order valence-corrected chi connectivity index (χ0v) is 9.79. The van der Waals surface area contributed by atoms with Crippen molar-refractivity contribution in [1.29, 1.82) is 0 Å². The molecule has 94 valence electrons. The third kappa shape index (κ3) is 1.87. The van der Waals surface area contributed by atoms with E-state index in [0.29, 0.717) is 17.1 Å². The molecule has 2 atom stereocenters. The zero-order chi connectivity index (χ0) is 12.7. The summed E-state index contributed by atoms with van der Waals surface area (Å²) in [5.74, 6) is -0.318. The number of rotatable bonds is 1. The van der Waals surface area contributed by atoms with Crippen LogP contribution in [0.1, 0.15) is 16.2 Å². The number of nitrogen functional groups attached to an aromatic ring is 1. The van der Waals surface area contributed by atoms with Crippen LogP contribution in [0.15, 0.2) is 0 Å². The van der Waals surface area contributed by atoms with Crippen LogP contribution in [0.5, 0.6) is 0 Å². The first-order chi connectivity index (χ1) is 7.91. The molecule has 1 amide bonds. The van der Waals surface area contributed by atoms with Gasteiger partial charge in [-0.3, -0.25) is 9.48 Å². The molecule has 7 nitrogen and oxygen atoms in total. The highest BCUT2D eigenvalue weighted by molar-refractivity contribution is 5.98. The number of nitrogens with two attached hydrogens (primary N) is 1. The lowest BCUT2D eigenvalue weighted by Gasteiger charge is -2.15. The fourth-order valence-corrected chi connectivity index (χ4v) is 2.01. The number of aliphatic hydroxyl groups excluding tert-OH is 2. The summed E-state index contributed by atoms with van der Waals surface area (Å²) in [4.78, 5) is 13.5. The predicted molar refractivity (Wildman–Crippen MR) is 60.3 cm³/mol. The molecule has 2 rings (SSSR count). The van der Waals surface area contributed by atoms with Crippen LogP contribution in [0.3, 0.4) is 0 Å². The van der Waals surface area contributed by atoms with Crippen LogP contribution >= 0.6 is 0 Å². The van der Waals surface area contributed by atoms with Crippen molar-refractivity contribution in [2.24, 2.45) is 7.05 Å². The fraction of sp³-hybridized carbons (Fsp3) is 0.600. The average Bonchev–Trinajstić information content (AvgIpc) is 2.70. The number of carbonyl (C=O) groups excluding carboxylic acids is 1. The van der Waals surface area contributed by atoms with Crippen molar-refractivity contribution < 1.29 is 15.0 Å². The Morgan fingerprint density at radius 2 is 1.94 bits per heavy atom. The number of aliphatic hydroxyl groups is 2. The quantitative estimate of drug-likeness (QED) is 0.553. The Morgan fingerprint density at radius 1 is 1.41 bits per heavy atom. The lowest BCUT2D eigenvalue weighted by atomic mass is 10.3. The molecule has 7 heteroatoms. The van der Waals surface area contributed by atoms with Crippen LogP contribution in [0, 0.1) is 6.92 Å². The van der Waals surface area contributed by atoms with Gasteiger partial charge in [-0.1, -0.05) is 0 Å². The van der Waals surface area contributed by atoms with Gasteiger partial charge in [0.15, 0.2) is 0 Å². The highest BCUT2D eigenvalue weighted by Gasteiger charge is 2.35. The van der Waals surface area contributed by atoms with Gasteiger partial charge in [-0.2, -0.15) is 5.10 Å².